The maximum Gasteiger partial charge on any atom is 0.339 e. The van der Waals surface area contributed by atoms with E-state index in [0.717, 1.165) is 0 Å². The zero-order chi connectivity index (χ0) is 24.1. The topological polar surface area (TPSA) is 97.6 Å². The molecule has 1 amide bonds. The predicted octanol–water partition coefficient (Wildman–Crippen LogP) is 4.56. The van der Waals surface area contributed by atoms with Crippen molar-refractivity contribution < 1.29 is 23.2 Å². The van der Waals surface area contributed by atoms with Gasteiger partial charge < -0.3 is 14.6 Å². The molecule has 3 aromatic rings. The quantitative estimate of drug-likeness (QED) is 0.489. The summed E-state index contributed by atoms with van der Waals surface area (Å²) in [7, 11) is 0. The molecule has 10 heteroatoms. The maximum atomic E-state index is 13.1. The van der Waals surface area contributed by atoms with Crippen LogP contribution in [0.2, 0.25) is 5.02 Å². The van der Waals surface area contributed by atoms with E-state index in [9.17, 15) is 14.0 Å². The van der Waals surface area contributed by atoms with E-state index in [1.54, 1.807) is 37.3 Å². The van der Waals surface area contributed by atoms with Crippen LogP contribution in [0.25, 0.3) is 11.4 Å². The Balaban J connectivity index is 1.27. The molecule has 0 unspecified atom stereocenters. The number of likely N-dealkylation sites (tertiary alicyclic amines) is 1. The van der Waals surface area contributed by atoms with Crippen LogP contribution in [-0.4, -0.2) is 46.6 Å². The summed E-state index contributed by atoms with van der Waals surface area (Å²) >= 11 is 6.18. The Kier molecular flexibility index (Phi) is 7.54. The van der Waals surface area contributed by atoms with Crippen molar-refractivity contribution in [2.75, 3.05) is 25.0 Å². The van der Waals surface area contributed by atoms with E-state index >= 15 is 0 Å². The molecule has 1 fully saturated rings. The summed E-state index contributed by atoms with van der Waals surface area (Å²) in [5.41, 5.74) is 1.48. The van der Waals surface area contributed by atoms with E-state index in [2.05, 4.69) is 20.4 Å². The Labute approximate surface area is 201 Å². The van der Waals surface area contributed by atoms with Gasteiger partial charge in [0.25, 0.3) is 0 Å². The number of carbonyl (C=O) groups is 2. The number of nitrogens with zero attached hydrogens (tertiary/aromatic N) is 3. The van der Waals surface area contributed by atoms with Crippen LogP contribution in [-0.2, 0) is 16.1 Å². The average Bonchev–Trinajstić information content (AvgIpc) is 3.28. The Morgan fingerprint density at radius 1 is 1.21 bits per heavy atom. The van der Waals surface area contributed by atoms with E-state index in [-0.39, 0.29) is 34.8 Å². The molecule has 1 aromatic heterocycles. The molecule has 1 saturated heterocycles. The van der Waals surface area contributed by atoms with Crippen molar-refractivity contribution in [1.82, 2.24) is 15.0 Å². The maximum absolute atomic E-state index is 13.1. The first-order valence-electron chi connectivity index (χ1n) is 11.0. The van der Waals surface area contributed by atoms with Crippen molar-refractivity contribution in [2.24, 2.45) is 5.92 Å². The summed E-state index contributed by atoms with van der Waals surface area (Å²) < 4.78 is 23.4. The lowest BCUT2D eigenvalue weighted by atomic mass is 9.96. The first-order chi connectivity index (χ1) is 16.4. The highest BCUT2D eigenvalue weighted by atomic mass is 35.5. The summed E-state index contributed by atoms with van der Waals surface area (Å²) in [6, 6.07) is 10.6. The van der Waals surface area contributed by atoms with Gasteiger partial charge in [0.1, 0.15) is 5.82 Å². The van der Waals surface area contributed by atoms with Crippen LogP contribution in [0, 0.1) is 11.7 Å². The fourth-order valence-electron chi connectivity index (χ4n) is 3.79. The highest BCUT2D eigenvalue weighted by Crippen LogP contribution is 2.25. The first kappa shape index (κ1) is 23.8. The minimum atomic E-state index is -0.496. The van der Waals surface area contributed by atoms with Crippen molar-refractivity contribution in [3.8, 4) is 11.4 Å². The van der Waals surface area contributed by atoms with Crippen molar-refractivity contribution in [2.45, 2.75) is 26.3 Å². The SMILES string of the molecule is CCOC(=O)c1ccc(NC(=O)C2CCN(Cc3nc(-c4ccc(F)cc4)no3)CC2)cc1Cl. The number of hydrogen-bond donors (Lipinski definition) is 1. The molecule has 0 bridgehead atoms. The van der Waals surface area contributed by atoms with Gasteiger partial charge in [-0.25, -0.2) is 9.18 Å². The molecule has 1 N–H and O–H groups in total. The lowest BCUT2D eigenvalue weighted by Crippen LogP contribution is -2.37. The van der Waals surface area contributed by atoms with Gasteiger partial charge in [-0.05, 0) is 75.3 Å². The number of nitrogens with one attached hydrogen (secondary N) is 1. The van der Waals surface area contributed by atoms with Crippen LogP contribution < -0.4 is 5.32 Å². The van der Waals surface area contributed by atoms with Gasteiger partial charge in [-0.3, -0.25) is 9.69 Å². The molecule has 1 aliphatic rings. The Morgan fingerprint density at radius 3 is 2.62 bits per heavy atom. The normalized spacial score (nSPS) is 14.7. The van der Waals surface area contributed by atoms with E-state index < -0.39 is 5.97 Å². The Bertz CT molecular complexity index is 1160. The molecule has 0 aliphatic carbocycles. The molecule has 0 radical (unpaired) electrons. The second-order valence-corrected chi connectivity index (χ2v) is 8.38. The number of halogens is 2. The number of esters is 1. The summed E-state index contributed by atoms with van der Waals surface area (Å²) in [6.07, 6.45) is 1.36. The molecule has 178 valence electrons. The van der Waals surface area contributed by atoms with Crippen LogP contribution in [0.4, 0.5) is 10.1 Å². The van der Waals surface area contributed by atoms with Gasteiger partial charge in [0.2, 0.25) is 17.6 Å². The average molecular weight is 487 g/mol. The molecule has 8 nitrogen and oxygen atoms in total. The number of rotatable bonds is 7. The fourth-order valence-corrected chi connectivity index (χ4v) is 4.05. The van der Waals surface area contributed by atoms with Crippen LogP contribution in [0.1, 0.15) is 36.0 Å². The molecule has 1 aliphatic heterocycles. The number of hydrogen-bond acceptors (Lipinski definition) is 7. The lowest BCUT2D eigenvalue weighted by molar-refractivity contribution is -0.121. The minimum Gasteiger partial charge on any atom is -0.462 e. The zero-order valence-electron chi connectivity index (χ0n) is 18.6. The molecular formula is C24H24ClFN4O4. The standard InChI is InChI=1S/C24H24ClFN4O4/c1-2-33-24(32)19-8-7-18(13-20(19)25)27-23(31)16-9-11-30(12-10-16)14-21-28-22(29-34-21)15-3-5-17(26)6-4-15/h3-8,13,16H,2,9-12,14H2,1H3,(H,27,31). The van der Waals surface area contributed by atoms with Gasteiger partial charge in [-0.15, -0.1) is 0 Å². The smallest absolute Gasteiger partial charge is 0.339 e. The molecular weight excluding hydrogens is 463 g/mol. The highest BCUT2D eigenvalue weighted by molar-refractivity contribution is 6.34. The molecule has 34 heavy (non-hydrogen) atoms. The molecule has 0 saturated carbocycles. The van der Waals surface area contributed by atoms with Crippen LogP contribution in [0.15, 0.2) is 47.0 Å². The third-order valence-electron chi connectivity index (χ3n) is 5.62. The van der Waals surface area contributed by atoms with E-state index in [1.165, 1.54) is 12.1 Å². The Hall–Kier alpha value is -3.30. The number of ether oxygens (including phenoxy) is 1. The summed E-state index contributed by atoms with van der Waals surface area (Å²) in [5.74, 6) is -0.163. The van der Waals surface area contributed by atoms with Crippen LogP contribution in [0.5, 0.6) is 0 Å². The van der Waals surface area contributed by atoms with Gasteiger partial charge in [-0.2, -0.15) is 4.98 Å². The fraction of sp³-hybridized carbons (Fsp3) is 0.333. The van der Waals surface area contributed by atoms with Gasteiger partial charge in [-0.1, -0.05) is 16.8 Å². The third kappa shape index (κ3) is 5.78. The summed E-state index contributed by atoms with van der Waals surface area (Å²) in [6.45, 7) is 3.87. The molecule has 0 atom stereocenters. The van der Waals surface area contributed by atoms with Crippen molar-refractivity contribution >= 4 is 29.2 Å². The van der Waals surface area contributed by atoms with E-state index in [0.29, 0.717) is 55.4 Å². The zero-order valence-corrected chi connectivity index (χ0v) is 19.3. The van der Waals surface area contributed by atoms with Gasteiger partial charge in [0.05, 0.1) is 23.7 Å². The van der Waals surface area contributed by atoms with E-state index in [4.69, 9.17) is 20.9 Å². The number of piperidine rings is 1. The lowest BCUT2D eigenvalue weighted by Gasteiger charge is -2.30. The first-order valence-corrected chi connectivity index (χ1v) is 11.4. The van der Waals surface area contributed by atoms with Crippen molar-refractivity contribution in [1.29, 1.82) is 0 Å². The second kappa shape index (κ2) is 10.8. The molecule has 4 rings (SSSR count). The molecule has 2 aromatic carbocycles. The highest BCUT2D eigenvalue weighted by Gasteiger charge is 2.26. The predicted molar refractivity (Wildman–Crippen MR) is 124 cm³/mol. The van der Waals surface area contributed by atoms with Gasteiger partial charge >= 0.3 is 5.97 Å². The summed E-state index contributed by atoms with van der Waals surface area (Å²) in [5, 5.41) is 7.07. The van der Waals surface area contributed by atoms with Crippen LogP contribution >= 0.6 is 11.6 Å². The van der Waals surface area contributed by atoms with Gasteiger partial charge in [0, 0.05) is 17.2 Å². The largest absolute Gasteiger partial charge is 0.462 e. The molecule has 2 heterocycles. The van der Waals surface area contributed by atoms with Gasteiger partial charge in [0.15, 0.2) is 0 Å². The second-order valence-electron chi connectivity index (χ2n) is 7.97. The number of carbonyl (C=O) groups excluding carboxylic acids is 2. The minimum absolute atomic E-state index is 0.0870. The van der Waals surface area contributed by atoms with Crippen LogP contribution in [0.3, 0.4) is 0 Å². The van der Waals surface area contributed by atoms with Crippen molar-refractivity contribution in [3.05, 3.63) is 64.8 Å². The van der Waals surface area contributed by atoms with Crippen molar-refractivity contribution in [3.63, 3.8) is 0 Å². The Morgan fingerprint density at radius 2 is 1.94 bits per heavy atom. The van der Waals surface area contributed by atoms with E-state index in [1.807, 2.05) is 0 Å². The monoisotopic (exact) mass is 486 g/mol. The molecule has 0 spiro atoms. The summed E-state index contributed by atoms with van der Waals surface area (Å²) in [4.78, 5) is 31.1. The number of amides is 1. The number of benzene rings is 2. The third-order valence-corrected chi connectivity index (χ3v) is 5.93. The number of anilines is 1. The number of aromatic nitrogens is 2.